The van der Waals surface area contributed by atoms with E-state index in [-0.39, 0.29) is 0 Å². The molecule has 0 aromatic heterocycles. The quantitative estimate of drug-likeness (QED) is 0.377. The molecule has 1 heteroatoms. The van der Waals surface area contributed by atoms with E-state index in [1.165, 1.54) is 34.3 Å². The molecule has 88 valence electrons. The Hall–Kier alpha value is -1.21. The minimum atomic E-state index is 1.14. The molecule has 0 saturated carbocycles. The van der Waals surface area contributed by atoms with E-state index < -0.39 is 0 Å². The molecule has 2 rings (SSSR count). The fourth-order valence-corrected chi connectivity index (χ4v) is 2.98. The van der Waals surface area contributed by atoms with Gasteiger partial charge in [0.05, 0.1) is 0 Å². The summed E-state index contributed by atoms with van der Waals surface area (Å²) in [7, 11) is 0. The summed E-state index contributed by atoms with van der Waals surface area (Å²) in [4.78, 5) is 1.40. The third-order valence-electron chi connectivity index (χ3n) is 2.81. The first-order valence-corrected chi connectivity index (χ1v) is 7.12. The lowest BCUT2D eigenvalue weighted by Gasteiger charge is -2.05. The second kappa shape index (κ2) is 6.51. The second-order valence-electron chi connectivity index (χ2n) is 4.11. The van der Waals surface area contributed by atoms with Gasteiger partial charge in [-0.15, -0.1) is 18.3 Å². The number of hydrogen-bond donors (Lipinski definition) is 0. The van der Waals surface area contributed by atoms with Gasteiger partial charge in [0.1, 0.15) is 0 Å². The summed E-state index contributed by atoms with van der Waals surface area (Å²) in [6.07, 6.45) is 5.65. The van der Waals surface area contributed by atoms with Crippen LogP contribution in [-0.2, 0) is 0 Å². The second-order valence-corrected chi connectivity index (χ2v) is 5.25. The third kappa shape index (κ3) is 3.37. The topological polar surface area (TPSA) is 0 Å². The molecule has 0 nitrogen and oxygen atoms in total. The Bertz CT molecular complexity index is 482. The van der Waals surface area contributed by atoms with Gasteiger partial charge >= 0.3 is 0 Å². The minimum Gasteiger partial charge on any atom is -0.126 e. The van der Waals surface area contributed by atoms with E-state index in [4.69, 9.17) is 0 Å². The molecule has 0 saturated heterocycles. The van der Waals surface area contributed by atoms with Gasteiger partial charge in [-0.1, -0.05) is 42.5 Å². The first-order valence-electron chi connectivity index (χ1n) is 6.13. The lowest BCUT2D eigenvalue weighted by Crippen LogP contribution is -1.82. The van der Waals surface area contributed by atoms with E-state index in [1.807, 2.05) is 17.8 Å². The van der Waals surface area contributed by atoms with Gasteiger partial charge in [0.25, 0.3) is 0 Å². The fourth-order valence-electron chi connectivity index (χ4n) is 1.89. The molecular weight excluding hydrogens is 224 g/mol. The molecule has 0 fully saturated rings. The lowest BCUT2D eigenvalue weighted by molar-refractivity contribution is 0.824. The van der Waals surface area contributed by atoms with E-state index in [2.05, 4.69) is 49.0 Å². The zero-order chi connectivity index (χ0) is 11.9. The van der Waals surface area contributed by atoms with Crippen LogP contribution >= 0.6 is 11.8 Å². The highest BCUT2D eigenvalue weighted by molar-refractivity contribution is 7.99. The van der Waals surface area contributed by atoms with Crippen molar-refractivity contribution in [2.24, 2.45) is 0 Å². The molecule has 0 spiro atoms. The summed E-state index contributed by atoms with van der Waals surface area (Å²) in [5.41, 5.74) is 0. The van der Waals surface area contributed by atoms with Crippen molar-refractivity contribution in [1.29, 1.82) is 0 Å². The number of fused-ring (bicyclic) bond motifs is 1. The van der Waals surface area contributed by atoms with E-state index in [0.29, 0.717) is 0 Å². The largest absolute Gasteiger partial charge is 0.126 e. The van der Waals surface area contributed by atoms with Crippen molar-refractivity contribution in [1.82, 2.24) is 0 Å². The molecule has 0 bridgehead atoms. The molecule has 0 aliphatic carbocycles. The molecule has 2 aromatic rings. The van der Waals surface area contributed by atoms with Crippen LogP contribution in [0.5, 0.6) is 0 Å². The van der Waals surface area contributed by atoms with Crippen molar-refractivity contribution in [3.8, 4) is 0 Å². The molecule has 0 heterocycles. The Morgan fingerprint density at radius 1 is 1.00 bits per heavy atom. The Morgan fingerprint density at radius 2 is 1.82 bits per heavy atom. The molecule has 17 heavy (non-hydrogen) atoms. The van der Waals surface area contributed by atoms with Gasteiger partial charge in [-0.25, -0.2) is 0 Å². The number of benzene rings is 2. The van der Waals surface area contributed by atoms with Gasteiger partial charge in [-0.2, -0.15) is 0 Å². The van der Waals surface area contributed by atoms with E-state index in [0.717, 1.165) is 6.42 Å². The average Bonchev–Trinajstić information content (AvgIpc) is 2.39. The third-order valence-corrected chi connectivity index (χ3v) is 3.97. The molecule has 0 aliphatic heterocycles. The Labute approximate surface area is 108 Å². The number of thioether (sulfide) groups is 1. The van der Waals surface area contributed by atoms with Crippen LogP contribution in [0.15, 0.2) is 60.0 Å². The summed E-state index contributed by atoms with van der Waals surface area (Å²) < 4.78 is 0. The summed E-state index contributed by atoms with van der Waals surface area (Å²) in [6, 6.07) is 15.1. The van der Waals surface area contributed by atoms with Gasteiger partial charge in [0.2, 0.25) is 0 Å². The van der Waals surface area contributed by atoms with Gasteiger partial charge in [-0.05, 0) is 41.9 Å². The van der Waals surface area contributed by atoms with Crippen molar-refractivity contribution < 1.29 is 0 Å². The summed E-state index contributed by atoms with van der Waals surface area (Å²) >= 11 is 1.97. The molecule has 0 atom stereocenters. The van der Waals surface area contributed by atoms with Gasteiger partial charge in [0, 0.05) is 4.90 Å². The number of hydrogen-bond acceptors (Lipinski definition) is 1. The van der Waals surface area contributed by atoms with E-state index >= 15 is 0 Å². The van der Waals surface area contributed by atoms with Crippen LogP contribution in [0.25, 0.3) is 10.8 Å². The maximum Gasteiger partial charge on any atom is 0.0150 e. The smallest absolute Gasteiger partial charge is 0.0150 e. The van der Waals surface area contributed by atoms with Gasteiger partial charge in [0.15, 0.2) is 0 Å². The van der Waals surface area contributed by atoms with Crippen LogP contribution in [0.3, 0.4) is 0 Å². The van der Waals surface area contributed by atoms with Crippen LogP contribution in [0.2, 0.25) is 0 Å². The predicted molar refractivity (Wildman–Crippen MR) is 78.7 cm³/mol. The van der Waals surface area contributed by atoms with Crippen LogP contribution in [0.4, 0.5) is 0 Å². The Balaban J connectivity index is 2.01. The fraction of sp³-hybridized carbons (Fsp3) is 0.250. The van der Waals surface area contributed by atoms with Crippen molar-refractivity contribution >= 4 is 22.5 Å². The normalized spacial score (nSPS) is 10.6. The average molecular weight is 242 g/mol. The first kappa shape index (κ1) is 12.3. The van der Waals surface area contributed by atoms with Crippen molar-refractivity contribution in [2.45, 2.75) is 24.2 Å². The molecule has 0 amide bonds. The van der Waals surface area contributed by atoms with Gasteiger partial charge in [-0.3, -0.25) is 0 Å². The highest BCUT2D eigenvalue weighted by Crippen LogP contribution is 2.28. The van der Waals surface area contributed by atoms with Crippen LogP contribution in [0.1, 0.15) is 19.3 Å². The zero-order valence-corrected chi connectivity index (χ0v) is 10.9. The maximum absolute atomic E-state index is 3.75. The Morgan fingerprint density at radius 3 is 2.71 bits per heavy atom. The van der Waals surface area contributed by atoms with Crippen LogP contribution < -0.4 is 0 Å². The van der Waals surface area contributed by atoms with Crippen LogP contribution in [-0.4, -0.2) is 5.75 Å². The summed E-state index contributed by atoms with van der Waals surface area (Å²) in [5, 5.41) is 2.72. The molecule has 0 N–H and O–H groups in total. The maximum atomic E-state index is 3.75. The van der Waals surface area contributed by atoms with Crippen LogP contribution in [0, 0.1) is 0 Å². The highest BCUT2D eigenvalue weighted by atomic mass is 32.2. The standard InChI is InChI=1S/C16H18S/c1-2-3-4-7-13-17-16-12-8-10-14-9-5-6-11-15(14)16/h2,5-6,8-12H,1,3-4,7,13H2. The van der Waals surface area contributed by atoms with Crippen molar-refractivity contribution in [3.05, 3.63) is 55.1 Å². The lowest BCUT2D eigenvalue weighted by atomic mass is 10.1. The number of rotatable bonds is 6. The summed E-state index contributed by atoms with van der Waals surface area (Å²) in [5.74, 6) is 1.20. The monoisotopic (exact) mass is 242 g/mol. The number of allylic oxidation sites excluding steroid dienone is 1. The summed E-state index contributed by atoms with van der Waals surface area (Å²) in [6.45, 7) is 3.75. The zero-order valence-electron chi connectivity index (χ0n) is 10.1. The number of unbranched alkanes of at least 4 members (excludes halogenated alkanes) is 2. The SMILES string of the molecule is C=CCCCCSc1cccc2ccccc12. The molecule has 0 radical (unpaired) electrons. The van der Waals surface area contributed by atoms with Crippen molar-refractivity contribution in [3.63, 3.8) is 0 Å². The molecule has 2 aromatic carbocycles. The predicted octanol–water partition coefficient (Wildman–Crippen LogP) is 5.29. The first-order chi connectivity index (χ1) is 8.42. The minimum absolute atomic E-state index is 1.14. The Kier molecular flexibility index (Phi) is 4.69. The molecular formula is C16H18S. The van der Waals surface area contributed by atoms with E-state index in [1.54, 1.807) is 0 Å². The van der Waals surface area contributed by atoms with Crippen molar-refractivity contribution in [2.75, 3.05) is 5.75 Å². The van der Waals surface area contributed by atoms with Gasteiger partial charge < -0.3 is 0 Å². The molecule has 0 unspecified atom stereocenters. The highest BCUT2D eigenvalue weighted by Gasteiger charge is 2.00. The van der Waals surface area contributed by atoms with E-state index in [9.17, 15) is 0 Å². The molecule has 0 aliphatic rings.